The van der Waals surface area contributed by atoms with E-state index in [4.69, 9.17) is 5.11 Å². The van der Waals surface area contributed by atoms with E-state index in [1.807, 2.05) is 6.07 Å². The summed E-state index contributed by atoms with van der Waals surface area (Å²) in [6, 6.07) is 5.74. The Morgan fingerprint density at radius 2 is 1.79 bits per heavy atom. The van der Waals surface area contributed by atoms with Crippen molar-refractivity contribution >= 4 is 28.7 Å². The van der Waals surface area contributed by atoms with Crippen molar-refractivity contribution in [2.24, 2.45) is 0 Å². The number of hydrogen-bond acceptors (Lipinski definition) is 8. The second-order valence-corrected chi connectivity index (χ2v) is 8.93. The Morgan fingerprint density at radius 3 is 2.53 bits per heavy atom. The lowest BCUT2D eigenvalue weighted by Gasteiger charge is -2.30. The highest BCUT2D eigenvalue weighted by molar-refractivity contribution is 6.03. The summed E-state index contributed by atoms with van der Waals surface area (Å²) in [5, 5.41) is 26.8. The highest BCUT2D eigenvalue weighted by atomic mass is 19.1. The lowest BCUT2D eigenvalue weighted by molar-refractivity contribution is 0.102. The number of aliphatic hydroxyl groups is 1. The number of rotatable bonds is 9. The van der Waals surface area contributed by atoms with Gasteiger partial charge in [-0.3, -0.25) is 4.79 Å². The Labute approximate surface area is 196 Å². The van der Waals surface area contributed by atoms with Crippen molar-refractivity contribution in [1.82, 2.24) is 24.9 Å². The molecular formula is C23H29FN8O2. The SMILES string of the molecule is O=C(Nc1ccnc(F)c1)c1cnc2c(NC3CC3)cc(N[C@H]3CC[C@H](NCCO)CC3)nn12. The molecule has 0 atom stereocenters. The first-order chi connectivity index (χ1) is 16.6. The zero-order valence-electron chi connectivity index (χ0n) is 18.8. The summed E-state index contributed by atoms with van der Waals surface area (Å²) in [5.74, 6) is -0.433. The van der Waals surface area contributed by atoms with Gasteiger partial charge in [-0.2, -0.15) is 4.39 Å². The molecule has 0 bridgehead atoms. The molecule has 2 aliphatic rings. The minimum atomic E-state index is -0.669. The normalized spacial score (nSPS) is 20.3. The standard InChI is InChI=1S/C23H29FN8O2/c24-20-11-17(7-8-26-20)30-23(34)19-13-27-22-18(28-15-5-6-15)12-21(31-32(19)22)29-16-3-1-14(2-4-16)25-9-10-33/h7-8,11-16,25,28,33H,1-6,9-10H2,(H,29,31)(H,26,30,34)/t14-,16-. The third kappa shape index (κ3) is 5.26. The number of aromatic nitrogens is 4. The van der Waals surface area contributed by atoms with E-state index in [0.717, 1.165) is 50.3 Å². The number of aliphatic hydroxyl groups excluding tert-OH is 1. The van der Waals surface area contributed by atoms with Crippen molar-refractivity contribution in [3.05, 3.63) is 42.2 Å². The van der Waals surface area contributed by atoms with Crippen LogP contribution >= 0.6 is 0 Å². The summed E-state index contributed by atoms with van der Waals surface area (Å²) in [5.41, 5.74) is 1.96. The molecule has 11 heteroatoms. The molecule has 2 saturated carbocycles. The predicted molar refractivity (Wildman–Crippen MR) is 127 cm³/mol. The quantitative estimate of drug-likeness (QED) is 0.303. The molecule has 3 aromatic rings. The van der Waals surface area contributed by atoms with E-state index in [9.17, 15) is 9.18 Å². The monoisotopic (exact) mass is 468 g/mol. The first-order valence-electron chi connectivity index (χ1n) is 11.8. The van der Waals surface area contributed by atoms with Crippen LogP contribution < -0.4 is 21.3 Å². The van der Waals surface area contributed by atoms with Gasteiger partial charge in [0.1, 0.15) is 5.82 Å². The smallest absolute Gasteiger partial charge is 0.276 e. The molecule has 0 saturated heterocycles. The van der Waals surface area contributed by atoms with Crippen LogP contribution in [0.15, 0.2) is 30.6 Å². The molecule has 3 aromatic heterocycles. The Kier molecular flexibility index (Phi) is 6.54. The van der Waals surface area contributed by atoms with E-state index < -0.39 is 11.9 Å². The number of anilines is 3. The fourth-order valence-corrected chi connectivity index (χ4v) is 4.34. The first-order valence-corrected chi connectivity index (χ1v) is 11.8. The number of carbonyl (C=O) groups excluding carboxylic acids is 1. The molecule has 0 aromatic carbocycles. The van der Waals surface area contributed by atoms with Crippen LogP contribution in [0.3, 0.4) is 0 Å². The summed E-state index contributed by atoms with van der Waals surface area (Å²) in [7, 11) is 0. The second kappa shape index (κ2) is 9.90. The van der Waals surface area contributed by atoms with Crippen molar-refractivity contribution in [3.8, 4) is 0 Å². The third-order valence-corrected chi connectivity index (χ3v) is 6.25. The zero-order valence-corrected chi connectivity index (χ0v) is 18.8. The lowest BCUT2D eigenvalue weighted by Crippen LogP contribution is -2.38. The molecule has 2 fully saturated rings. The van der Waals surface area contributed by atoms with Gasteiger partial charge in [-0.05, 0) is 44.6 Å². The van der Waals surface area contributed by atoms with Crippen molar-refractivity contribution < 1.29 is 14.3 Å². The van der Waals surface area contributed by atoms with Crippen molar-refractivity contribution in [1.29, 1.82) is 0 Å². The minimum Gasteiger partial charge on any atom is -0.395 e. The van der Waals surface area contributed by atoms with E-state index >= 15 is 0 Å². The number of amides is 1. The molecule has 0 aliphatic heterocycles. The number of imidazole rings is 1. The fourth-order valence-electron chi connectivity index (χ4n) is 4.34. The van der Waals surface area contributed by atoms with Crippen LogP contribution in [0, 0.1) is 5.95 Å². The molecule has 180 valence electrons. The number of carbonyl (C=O) groups is 1. The number of halogens is 1. The largest absolute Gasteiger partial charge is 0.395 e. The van der Waals surface area contributed by atoms with Gasteiger partial charge in [0.15, 0.2) is 11.3 Å². The predicted octanol–water partition coefficient (Wildman–Crippen LogP) is 2.39. The maximum atomic E-state index is 13.4. The summed E-state index contributed by atoms with van der Waals surface area (Å²) in [6.07, 6.45) is 8.99. The van der Waals surface area contributed by atoms with Gasteiger partial charge in [0.05, 0.1) is 18.5 Å². The van der Waals surface area contributed by atoms with Crippen LogP contribution in [0.5, 0.6) is 0 Å². The van der Waals surface area contributed by atoms with Gasteiger partial charge in [0.2, 0.25) is 5.95 Å². The van der Waals surface area contributed by atoms with Crippen molar-refractivity contribution in [3.63, 3.8) is 0 Å². The van der Waals surface area contributed by atoms with Crippen LogP contribution in [0.4, 0.5) is 21.6 Å². The molecule has 5 rings (SSSR count). The van der Waals surface area contributed by atoms with Gasteiger partial charge in [-0.15, -0.1) is 5.10 Å². The zero-order chi connectivity index (χ0) is 23.5. The molecule has 10 nitrogen and oxygen atoms in total. The molecule has 1 amide bonds. The first kappa shape index (κ1) is 22.5. The number of pyridine rings is 1. The van der Waals surface area contributed by atoms with Gasteiger partial charge in [0.25, 0.3) is 5.91 Å². The summed E-state index contributed by atoms with van der Waals surface area (Å²) < 4.78 is 15.0. The van der Waals surface area contributed by atoms with E-state index in [2.05, 4.69) is 36.3 Å². The average molecular weight is 469 g/mol. The number of fused-ring (bicyclic) bond motifs is 1. The highest BCUT2D eigenvalue weighted by Gasteiger charge is 2.26. The van der Waals surface area contributed by atoms with Crippen molar-refractivity contribution in [2.45, 2.75) is 56.7 Å². The fraction of sp³-hybridized carbons (Fsp3) is 0.478. The van der Waals surface area contributed by atoms with Crippen LogP contribution in [-0.4, -0.2) is 61.9 Å². The van der Waals surface area contributed by atoms with E-state index in [1.165, 1.54) is 23.0 Å². The van der Waals surface area contributed by atoms with Gasteiger partial charge in [0, 0.05) is 48.7 Å². The molecule has 0 spiro atoms. The topological polar surface area (TPSA) is 128 Å². The Hall–Kier alpha value is -3.31. The van der Waals surface area contributed by atoms with Crippen LogP contribution in [0.1, 0.15) is 49.0 Å². The molecule has 5 N–H and O–H groups in total. The van der Waals surface area contributed by atoms with Gasteiger partial charge < -0.3 is 26.4 Å². The summed E-state index contributed by atoms with van der Waals surface area (Å²) in [6.45, 7) is 0.768. The Morgan fingerprint density at radius 1 is 1.06 bits per heavy atom. The second-order valence-electron chi connectivity index (χ2n) is 8.93. The highest BCUT2D eigenvalue weighted by Crippen LogP contribution is 2.30. The number of hydrogen-bond donors (Lipinski definition) is 5. The molecule has 2 aliphatic carbocycles. The van der Waals surface area contributed by atoms with Crippen LogP contribution in [-0.2, 0) is 0 Å². The average Bonchev–Trinajstić information content (AvgIpc) is 3.54. The summed E-state index contributed by atoms with van der Waals surface area (Å²) in [4.78, 5) is 20.9. The van der Waals surface area contributed by atoms with E-state index in [-0.39, 0.29) is 18.3 Å². The number of nitrogens with one attached hydrogen (secondary N) is 4. The van der Waals surface area contributed by atoms with Gasteiger partial charge >= 0.3 is 0 Å². The van der Waals surface area contributed by atoms with Crippen molar-refractivity contribution in [2.75, 3.05) is 29.1 Å². The summed E-state index contributed by atoms with van der Waals surface area (Å²) >= 11 is 0. The maximum Gasteiger partial charge on any atom is 0.276 e. The molecule has 0 radical (unpaired) electrons. The Bertz CT molecular complexity index is 1160. The van der Waals surface area contributed by atoms with Gasteiger partial charge in [-0.25, -0.2) is 14.5 Å². The number of nitrogens with zero attached hydrogens (tertiary/aromatic N) is 4. The lowest BCUT2D eigenvalue weighted by atomic mass is 9.91. The van der Waals surface area contributed by atoms with Gasteiger partial charge in [-0.1, -0.05) is 0 Å². The molecule has 34 heavy (non-hydrogen) atoms. The Balaban J connectivity index is 1.36. The maximum absolute atomic E-state index is 13.4. The van der Waals surface area contributed by atoms with E-state index in [0.29, 0.717) is 35.8 Å². The van der Waals surface area contributed by atoms with Crippen LogP contribution in [0.25, 0.3) is 5.65 Å². The molecule has 3 heterocycles. The third-order valence-electron chi connectivity index (χ3n) is 6.25. The molecule has 0 unspecified atom stereocenters. The van der Waals surface area contributed by atoms with Crippen LogP contribution in [0.2, 0.25) is 0 Å². The van der Waals surface area contributed by atoms with E-state index in [1.54, 1.807) is 0 Å². The molecular weight excluding hydrogens is 439 g/mol. The minimum absolute atomic E-state index is 0.149.